The second-order valence-electron chi connectivity index (χ2n) is 4.75. The summed E-state index contributed by atoms with van der Waals surface area (Å²) in [4.78, 5) is 12.1. The molecule has 0 unspecified atom stereocenters. The third-order valence-electron chi connectivity index (χ3n) is 3.05. The number of ether oxygens (including phenoxy) is 3. The van der Waals surface area contributed by atoms with Gasteiger partial charge in [0.2, 0.25) is 0 Å². The standard InChI is InChI=1S/C17H18O5/c1-12-8-14(22-11-20-2)9-15(18)16(12)17(19)21-10-13-6-4-3-5-7-13/h3-9,18H,10-11H2,1-2H3. The van der Waals surface area contributed by atoms with E-state index in [-0.39, 0.29) is 24.7 Å². The number of aryl methyl sites for hydroxylation is 1. The number of rotatable bonds is 6. The lowest BCUT2D eigenvalue weighted by molar-refractivity contribution is 0.0466. The molecule has 0 aliphatic rings. The molecule has 0 radical (unpaired) electrons. The molecule has 0 aromatic heterocycles. The predicted octanol–water partition coefficient (Wildman–Crippen LogP) is 3.04. The minimum atomic E-state index is -0.572. The van der Waals surface area contributed by atoms with Crippen molar-refractivity contribution in [2.45, 2.75) is 13.5 Å². The summed E-state index contributed by atoms with van der Waals surface area (Å²) < 4.78 is 15.3. The van der Waals surface area contributed by atoms with Gasteiger partial charge in [0.1, 0.15) is 23.7 Å². The van der Waals surface area contributed by atoms with E-state index < -0.39 is 5.97 Å². The van der Waals surface area contributed by atoms with Crippen LogP contribution in [0.3, 0.4) is 0 Å². The number of phenols is 1. The maximum absolute atomic E-state index is 12.1. The van der Waals surface area contributed by atoms with Gasteiger partial charge >= 0.3 is 5.97 Å². The van der Waals surface area contributed by atoms with Crippen molar-refractivity contribution >= 4 is 5.97 Å². The number of esters is 1. The summed E-state index contributed by atoms with van der Waals surface area (Å²) in [5.41, 5.74) is 1.60. The van der Waals surface area contributed by atoms with E-state index in [0.29, 0.717) is 11.3 Å². The number of phenolic OH excluding ortho intramolecular Hbond substituents is 1. The zero-order chi connectivity index (χ0) is 15.9. The molecule has 2 aromatic rings. The topological polar surface area (TPSA) is 65.0 Å². The average Bonchev–Trinajstić information content (AvgIpc) is 2.51. The molecule has 0 heterocycles. The number of hydrogen-bond acceptors (Lipinski definition) is 5. The van der Waals surface area contributed by atoms with Crippen molar-refractivity contribution in [3.8, 4) is 11.5 Å². The van der Waals surface area contributed by atoms with Crippen LogP contribution in [-0.4, -0.2) is 25.0 Å². The molecule has 0 amide bonds. The molecular weight excluding hydrogens is 284 g/mol. The van der Waals surface area contributed by atoms with E-state index in [1.807, 2.05) is 30.3 Å². The van der Waals surface area contributed by atoms with E-state index in [9.17, 15) is 9.90 Å². The van der Waals surface area contributed by atoms with Gasteiger partial charge in [0.25, 0.3) is 0 Å². The van der Waals surface area contributed by atoms with Crippen molar-refractivity contribution in [3.63, 3.8) is 0 Å². The molecule has 5 nitrogen and oxygen atoms in total. The van der Waals surface area contributed by atoms with Crippen molar-refractivity contribution in [1.82, 2.24) is 0 Å². The molecular formula is C17H18O5. The van der Waals surface area contributed by atoms with Gasteiger partial charge in [-0.15, -0.1) is 0 Å². The molecule has 0 aliphatic carbocycles. The van der Waals surface area contributed by atoms with Gasteiger partial charge in [-0.3, -0.25) is 0 Å². The smallest absolute Gasteiger partial charge is 0.342 e. The zero-order valence-corrected chi connectivity index (χ0v) is 12.5. The SMILES string of the molecule is COCOc1cc(C)c(C(=O)OCc2ccccc2)c(O)c1. The highest BCUT2D eigenvalue weighted by Crippen LogP contribution is 2.28. The highest BCUT2D eigenvalue weighted by Gasteiger charge is 2.17. The van der Waals surface area contributed by atoms with Gasteiger partial charge in [0.15, 0.2) is 6.79 Å². The fraction of sp³-hybridized carbons (Fsp3) is 0.235. The lowest BCUT2D eigenvalue weighted by atomic mass is 10.1. The highest BCUT2D eigenvalue weighted by molar-refractivity contribution is 5.94. The van der Waals surface area contributed by atoms with Crippen LogP contribution in [0.15, 0.2) is 42.5 Å². The molecule has 0 atom stereocenters. The predicted molar refractivity (Wildman–Crippen MR) is 80.9 cm³/mol. The Labute approximate surface area is 129 Å². The van der Waals surface area contributed by atoms with Gasteiger partial charge < -0.3 is 19.3 Å². The van der Waals surface area contributed by atoms with E-state index in [4.69, 9.17) is 14.2 Å². The van der Waals surface area contributed by atoms with E-state index in [1.165, 1.54) is 13.2 Å². The Balaban J connectivity index is 2.09. The fourth-order valence-electron chi connectivity index (χ4n) is 2.01. The van der Waals surface area contributed by atoms with Gasteiger partial charge in [0.05, 0.1) is 0 Å². The normalized spacial score (nSPS) is 10.3. The molecule has 0 saturated carbocycles. The molecule has 0 spiro atoms. The van der Waals surface area contributed by atoms with E-state index in [2.05, 4.69) is 0 Å². The molecule has 2 aromatic carbocycles. The van der Waals surface area contributed by atoms with E-state index >= 15 is 0 Å². The van der Waals surface area contributed by atoms with Crippen LogP contribution in [0.1, 0.15) is 21.5 Å². The largest absolute Gasteiger partial charge is 0.507 e. The fourth-order valence-corrected chi connectivity index (χ4v) is 2.01. The number of carbonyl (C=O) groups excluding carboxylic acids is 1. The van der Waals surface area contributed by atoms with Gasteiger partial charge in [-0.2, -0.15) is 0 Å². The van der Waals surface area contributed by atoms with E-state index in [0.717, 1.165) is 5.56 Å². The molecule has 22 heavy (non-hydrogen) atoms. The quantitative estimate of drug-likeness (QED) is 0.656. The molecule has 0 fully saturated rings. The molecule has 0 saturated heterocycles. The number of carbonyl (C=O) groups is 1. The van der Waals surface area contributed by atoms with Crippen LogP contribution in [0.25, 0.3) is 0 Å². The van der Waals surface area contributed by atoms with Gasteiger partial charge in [0, 0.05) is 13.2 Å². The minimum Gasteiger partial charge on any atom is -0.507 e. The second-order valence-corrected chi connectivity index (χ2v) is 4.75. The molecule has 5 heteroatoms. The number of benzene rings is 2. The van der Waals surface area contributed by atoms with Gasteiger partial charge in [-0.1, -0.05) is 30.3 Å². The summed E-state index contributed by atoms with van der Waals surface area (Å²) in [6.45, 7) is 1.93. The molecule has 0 aliphatic heterocycles. The Morgan fingerprint density at radius 1 is 1.18 bits per heavy atom. The monoisotopic (exact) mass is 302 g/mol. The Bertz CT molecular complexity index is 614. The Morgan fingerprint density at radius 3 is 2.55 bits per heavy atom. The number of hydrogen-bond donors (Lipinski definition) is 1. The summed E-state index contributed by atoms with van der Waals surface area (Å²) in [6.07, 6.45) is 0. The van der Waals surface area contributed by atoms with Crippen LogP contribution in [0.5, 0.6) is 11.5 Å². The highest BCUT2D eigenvalue weighted by atomic mass is 16.7. The summed E-state index contributed by atoms with van der Waals surface area (Å²) in [6, 6.07) is 12.4. The Hall–Kier alpha value is -2.53. The van der Waals surface area contributed by atoms with Crippen molar-refractivity contribution in [1.29, 1.82) is 0 Å². The zero-order valence-electron chi connectivity index (χ0n) is 12.5. The third-order valence-corrected chi connectivity index (χ3v) is 3.05. The lowest BCUT2D eigenvalue weighted by Crippen LogP contribution is -2.08. The second kappa shape index (κ2) is 7.47. The van der Waals surface area contributed by atoms with Crippen LogP contribution in [0.4, 0.5) is 0 Å². The lowest BCUT2D eigenvalue weighted by Gasteiger charge is -2.12. The van der Waals surface area contributed by atoms with Crippen LogP contribution >= 0.6 is 0 Å². The molecule has 0 bridgehead atoms. The summed E-state index contributed by atoms with van der Waals surface area (Å²) >= 11 is 0. The Morgan fingerprint density at radius 2 is 1.91 bits per heavy atom. The van der Waals surface area contributed by atoms with Crippen LogP contribution in [0, 0.1) is 6.92 Å². The number of aromatic hydroxyl groups is 1. The maximum Gasteiger partial charge on any atom is 0.342 e. The summed E-state index contributed by atoms with van der Waals surface area (Å²) in [5, 5.41) is 10.0. The average molecular weight is 302 g/mol. The first kappa shape index (κ1) is 15.9. The van der Waals surface area contributed by atoms with Crippen LogP contribution in [-0.2, 0) is 16.1 Å². The van der Waals surface area contributed by atoms with Crippen LogP contribution in [0.2, 0.25) is 0 Å². The maximum atomic E-state index is 12.1. The Kier molecular flexibility index (Phi) is 5.38. The van der Waals surface area contributed by atoms with Crippen molar-refractivity contribution < 1.29 is 24.1 Å². The van der Waals surface area contributed by atoms with Crippen molar-refractivity contribution in [3.05, 3.63) is 59.2 Å². The third kappa shape index (κ3) is 3.99. The van der Waals surface area contributed by atoms with Crippen molar-refractivity contribution in [2.75, 3.05) is 13.9 Å². The molecule has 116 valence electrons. The first-order valence-corrected chi connectivity index (χ1v) is 6.78. The van der Waals surface area contributed by atoms with Gasteiger partial charge in [-0.05, 0) is 24.1 Å². The van der Waals surface area contributed by atoms with E-state index in [1.54, 1.807) is 13.0 Å². The van der Waals surface area contributed by atoms with Crippen molar-refractivity contribution in [2.24, 2.45) is 0 Å². The summed E-state index contributed by atoms with van der Waals surface area (Å²) in [5.74, 6) is -0.322. The number of methoxy groups -OCH3 is 1. The molecule has 2 rings (SSSR count). The molecule has 1 N–H and O–H groups in total. The first-order chi connectivity index (χ1) is 10.6. The van der Waals surface area contributed by atoms with Crippen LogP contribution < -0.4 is 4.74 Å². The summed E-state index contributed by atoms with van der Waals surface area (Å²) in [7, 11) is 1.50. The first-order valence-electron chi connectivity index (χ1n) is 6.78. The van der Waals surface area contributed by atoms with Gasteiger partial charge in [-0.25, -0.2) is 4.79 Å². The minimum absolute atomic E-state index is 0.0662.